The third-order valence-electron chi connectivity index (χ3n) is 11.4. The number of rotatable bonds is 11. The normalized spacial score (nSPS) is 22.4. The molecule has 64 heavy (non-hydrogen) atoms. The van der Waals surface area contributed by atoms with Gasteiger partial charge in [0.25, 0.3) is 11.8 Å². The number of aromatic hydroxyl groups is 1. The van der Waals surface area contributed by atoms with Crippen molar-refractivity contribution in [2.45, 2.75) is 70.2 Å². The Labute approximate surface area is 380 Å². The van der Waals surface area contributed by atoms with Crippen molar-refractivity contribution in [2.75, 3.05) is 41.3 Å². The molecule has 0 spiro atoms. The highest BCUT2D eigenvalue weighted by Crippen LogP contribution is 2.48. The van der Waals surface area contributed by atoms with Crippen molar-refractivity contribution in [1.29, 1.82) is 0 Å². The number of phenols is 1. The zero-order chi connectivity index (χ0) is 45.6. The summed E-state index contributed by atoms with van der Waals surface area (Å²) in [6, 6.07) is 21.1. The number of hydrogen-bond donors (Lipinski definition) is 1. The van der Waals surface area contributed by atoms with Crippen LogP contribution >= 0.6 is 34.5 Å². The molecule has 4 heterocycles. The van der Waals surface area contributed by atoms with Gasteiger partial charge < -0.3 is 43.3 Å². The number of carbonyl (C=O) groups excluding carboxylic acids is 6. The van der Waals surface area contributed by atoms with E-state index in [9.17, 15) is 33.9 Å². The minimum Gasteiger partial charge on any atom is -0.507 e. The summed E-state index contributed by atoms with van der Waals surface area (Å²) in [5.41, 5.74) is 2.66. The number of carbonyl (C=O) groups is 6. The number of nitrogens with zero attached hydrogens (tertiary/aromatic N) is 2. The third kappa shape index (κ3) is 8.42. The largest absolute Gasteiger partial charge is 0.507 e. The maximum absolute atomic E-state index is 14.6. The van der Waals surface area contributed by atoms with E-state index < -0.39 is 67.1 Å². The van der Waals surface area contributed by atoms with Crippen LogP contribution in [0.4, 0.5) is 11.4 Å². The van der Waals surface area contributed by atoms with Crippen molar-refractivity contribution < 1.29 is 62.3 Å². The van der Waals surface area contributed by atoms with Crippen molar-refractivity contribution in [2.24, 2.45) is 0 Å². The first kappa shape index (κ1) is 44.7. The quantitative estimate of drug-likeness (QED) is 0.0799. The second-order valence-electron chi connectivity index (χ2n) is 15.6. The van der Waals surface area contributed by atoms with Crippen molar-refractivity contribution in [3.8, 4) is 11.5 Å². The molecular weight excluding hydrogens is 891 g/mol. The van der Waals surface area contributed by atoms with Gasteiger partial charge in [-0.3, -0.25) is 28.8 Å². The van der Waals surface area contributed by atoms with E-state index in [1.807, 2.05) is 36.4 Å². The van der Waals surface area contributed by atoms with Crippen LogP contribution in [0.1, 0.15) is 70.0 Å². The zero-order valence-electron chi connectivity index (χ0n) is 34.9. The van der Waals surface area contributed by atoms with Gasteiger partial charge >= 0.3 is 23.9 Å². The Kier molecular flexibility index (Phi) is 12.8. The van der Waals surface area contributed by atoms with E-state index in [-0.39, 0.29) is 52.4 Å². The van der Waals surface area contributed by atoms with Gasteiger partial charge in [-0.05, 0) is 34.0 Å². The minimum absolute atomic E-state index is 0.0380. The second-order valence-corrected chi connectivity index (χ2v) is 17.3. The minimum atomic E-state index is -1.55. The van der Waals surface area contributed by atoms with Crippen LogP contribution in [0, 0.1) is 0 Å². The van der Waals surface area contributed by atoms with Crippen molar-refractivity contribution >= 4 is 103 Å². The molecule has 1 saturated heterocycles. The van der Waals surface area contributed by atoms with Crippen LogP contribution in [0.5, 0.6) is 11.5 Å². The van der Waals surface area contributed by atoms with Gasteiger partial charge in [-0.2, -0.15) is 0 Å². The summed E-state index contributed by atoms with van der Waals surface area (Å²) in [5, 5.41) is 13.7. The molecule has 4 aromatic carbocycles. The topological polar surface area (TPSA) is 185 Å². The SMILES string of the molecule is CC(=O)OCC1OC(Oc2cc3c(c4ccccc24)C(CCl)CN3C(=O)c2ccc(C(=O)N3CC(CCl)c4c3cc(O)c3ccccc43)s2)C(OC(C)=O)C(OC(C)=O)C1OC(C)=O. The van der Waals surface area contributed by atoms with Crippen LogP contribution in [-0.2, 0) is 42.9 Å². The summed E-state index contributed by atoms with van der Waals surface area (Å²) in [5.74, 6) is -3.68. The average molecular weight is 934 g/mol. The van der Waals surface area contributed by atoms with Gasteiger partial charge in [0.15, 0.2) is 12.2 Å². The number of ether oxygens (including phenoxy) is 6. The van der Waals surface area contributed by atoms with Crippen LogP contribution in [0.2, 0.25) is 0 Å². The van der Waals surface area contributed by atoms with Gasteiger partial charge in [-0.15, -0.1) is 34.5 Å². The molecule has 5 aromatic rings. The molecule has 0 radical (unpaired) electrons. The number of hydrogen-bond acceptors (Lipinski definition) is 14. The van der Waals surface area contributed by atoms with Crippen LogP contribution in [0.3, 0.4) is 0 Å². The summed E-state index contributed by atoms with van der Waals surface area (Å²) >= 11 is 14.1. The monoisotopic (exact) mass is 932 g/mol. The van der Waals surface area contributed by atoms with Crippen LogP contribution in [-0.4, -0.2) is 103 Å². The van der Waals surface area contributed by atoms with Gasteiger partial charge in [-0.25, -0.2) is 0 Å². The van der Waals surface area contributed by atoms with Crippen LogP contribution in [0.15, 0.2) is 72.8 Å². The number of halogens is 2. The number of esters is 4. The summed E-state index contributed by atoms with van der Waals surface area (Å²) in [6.45, 7) is 4.58. The van der Waals surface area contributed by atoms with E-state index in [4.69, 9.17) is 51.6 Å². The molecule has 7 unspecified atom stereocenters. The number of alkyl halides is 2. The Morgan fingerprint density at radius 3 is 1.67 bits per heavy atom. The number of phenolic OH excluding ortho intramolecular Hbond substituents is 1. The van der Waals surface area contributed by atoms with E-state index in [0.29, 0.717) is 39.0 Å². The fourth-order valence-electron chi connectivity index (χ4n) is 8.82. The van der Waals surface area contributed by atoms with E-state index in [1.165, 1.54) is 6.92 Å². The Morgan fingerprint density at radius 1 is 0.656 bits per heavy atom. The molecule has 0 aliphatic carbocycles. The molecule has 3 aliphatic heterocycles. The van der Waals surface area contributed by atoms with Gasteiger partial charge in [-0.1, -0.05) is 48.5 Å². The lowest BCUT2D eigenvalue weighted by Crippen LogP contribution is -2.63. The Hall–Kier alpha value is -5.94. The molecule has 0 saturated carbocycles. The highest BCUT2D eigenvalue weighted by molar-refractivity contribution is 7.16. The number of thiophene rings is 1. The second kappa shape index (κ2) is 18.3. The predicted octanol–water partition coefficient (Wildman–Crippen LogP) is 7.19. The van der Waals surface area contributed by atoms with Crippen LogP contribution < -0.4 is 14.5 Å². The number of anilines is 2. The number of amides is 2. The van der Waals surface area contributed by atoms with E-state index in [1.54, 1.807) is 46.2 Å². The zero-order valence-corrected chi connectivity index (χ0v) is 37.2. The number of benzene rings is 4. The summed E-state index contributed by atoms with van der Waals surface area (Å²) < 4.78 is 34.8. The fourth-order valence-corrected chi connectivity index (χ4v) is 10.2. The van der Waals surface area contributed by atoms with Crippen molar-refractivity contribution in [1.82, 2.24) is 0 Å². The molecule has 1 N–H and O–H groups in total. The summed E-state index contributed by atoms with van der Waals surface area (Å²) in [6.07, 6.45) is -7.18. The third-order valence-corrected chi connectivity index (χ3v) is 13.2. The molecule has 1 fully saturated rings. The molecule has 7 atom stereocenters. The molecule has 0 bridgehead atoms. The lowest BCUT2D eigenvalue weighted by atomic mass is 9.95. The highest BCUT2D eigenvalue weighted by atomic mass is 35.5. The standard InChI is InChI=1S/C46H42Cl2N2O13S/c1-22(51)58-21-36-41(59-23(2)52)42(60-24(3)53)43(61-25(4)54)46(63-36)62-35-16-33-40(31-12-8-6-10-29(31)35)27(18-48)20-50(33)45(57)38-14-13-37(64-38)44(56)49-19-26(17-47)39-30-11-7-5-9-28(30)34(55)15-32(39)49/h5-16,26-27,36,41-43,46,55H,17-21H2,1-4H3. The Morgan fingerprint density at radius 2 is 1.14 bits per heavy atom. The van der Waals surface area contributed by atoms with Crippen molar-refractivity contribution in [3.05, 3.63) is 93.7 Å². The number of fused-ring (bicyclic) bond motifs is 6. The van der Waals surface area contributed by atoms with Gasteiger partial charge in [0.2, 0.25) is 12.4 Å². The summed E-state index contributed by atoms with van der Waals surface area (Å²) in [7, 11) is 0. The molecule has 1 aromatic heterocycles. The lowest BCUT2D eigenvalue weighted by molar-refractivity contribution is -0.288. The fraction of sp³-hybridized carbons (Fsp3) is 0.348. The first-order valence-corrected chi connectivity index (χ1v) is 22.2. The smallest absolute Gasteiger partial charge is 0.303 e. The molecule has 2 amide bonds. The maximum Gasteiger partial charge on any atom is 0.303 e. The molecular formula is C46H42Cl2N2O13S. The van der Waals surface area contributed by atoms with Crippen molar-refractivity contribution in [3.63, 3.8) is 0 Å². The Bertz CT molecular complexity index is 2710. The maximum atomic E-state index is 14.6. The lowest BCUT2D eigenvalue weighted by Gasteiger charge is -2.44. The Balaban J connectivity index is 1.14. The van der Waals surface area contributed by atoms with Crippen LogP contribution in [0.25, 0.3) is 21.5 Å². The van der Waals surface area contributed by atoms with Gasteiger partial charge in [0.1, 0.15) is 24.2 Å². The van der Waals surface area contributed by atoms with E-state index >= 15 is 0 Å². The van der Waals surface area contributed by atoms with Gasteiger partial charge in [0, 0.05) is 87.3 Å². The molecule has 15 nitrogen and oxygen atoms in total. The average Bonchev–Trinajstić information content (AvgIpc) is 4.00. The summed E-state index contributed by atoms with van der Waals surface area (Å²) in [4.78, 5) is 81.9. The van der Waals surface area contributed by atoms with E-state index in [2.05, 4.69) is 0 Å². The predicted molar refractivity (Wildman–Crippen MR) is 237 cm³/mol. The molecule has 18 heteroatoms. The van der Waals surface area contributed by atoms with Gasteiger partial charge in [0.05, 0.1) is 21.1 Å². The first-order chi connectivity index (χ1) is 30.7. The molecule has 334 valence electrons. The highest BCUT2D eigenvalue weighted by Gasteiger charge is 2.54. The molecule has 8 rings (SSSR count). The first-order valence-electron chi connectivity index (χ1n) is 20.3. The van der Waals surface area contributed by atoms with E-state index in [0.717, 1.165) is 48.6 Å². The molecule has 3 aliphatic rings.